The lowest BCUT2D eigenvalue weighted by Crippen LogP contribution is -2.52. The Hall–Kier alpha value is -0.280. The summed E-state index contributed by atoms with van der Waals surface area (Å²) in [6.07, 6.45) is 1.21. The zero-order valence-corrected chi connectivity index (χ0v) is 10.9. The first-order chi connectivity index (χ1) is 7.41. The first-order valence-electron chi connectivity index (χ1n) is 4.18. The predicted molar refractivity (Wildman–Crippen MR) is 62.8 cm³/mol. The Morgan fingerprint density at radius 1 is 1.38 bits per heavy atom. The molecule has 0 saturated carbocycles. The monoisotopic (exact) mass is 282 g/mol. The van der Waals surface area contributed by atoms with E-state index in [9.17, 15) is 4.79 Å². The van der Waals surface area contributed by atoms with Crippen molar-refractivity contribution in [1.82, 2.24) is 0 Å². The summed E-state index contributed by atoms with van der Waals surface area (Å²) in [7, 11) is 2.62. The molecule has 0 aromatic rings. The molecule has 0 radical (unpaired) electrons. The SMILES string of the molecule is C=C=C[C@@]1(Cl)C(=O)C(Cl)=C(Cl)C1(OC)OC. The van der Waals surface area contributed by atoms with E-state index < -0.39 is 16.4 Å². The summed E-state index contributed by atoms with van der Waals surface area (Å²) >= 11 is 17.9. The van der Waals surface area contributed by atoms with Crippen LogP contribution in [-0.4, -0.2) is 30.7 Å². The maximum Gasteiger partial charge on any atom is 0.238 e. The lowest BCUT2D eigenvalue weighted by molar-refractivity contribution is -0.184. The van der Waals surface area contributed by atoms with Crippen molar-refractivity contribution in [3.05, 3.63) is 28.5 Å². The molecule has 6 heteroatoms. The van der Waals surface area contributed by atoms with Crippen LogP contribution in [0.5, 0.6) is 0 Å². The van der Waals surface area contributed by atoms with Gasteiger partial charge in [0.25, 0.3) is 0 Å². The van der Waals surface area contributed by atoms with Crippen LogP contribution < -0.4 is 0 Å². The smallest absolute Gasteiger partial charge is 0.238 e. The van der Waals surface area contributed by atoms with Crippen LogP contribution in [0.1, 0.15) is 0 Å². The number of rotatable bonds is 3. The first kappa shape index (κ1) is 13.8. The van der Waals surface area contributed by atoms with Crippen molar-refractivity contribution in [2.45, 2.75) is 10.7 Å². The average molecular weight is 284 g/mol. The van der Waals surface area contributed by atoms with Gasteiger partial charge in [0.1, 0.15) is 10.1 Å². The summed E-state index contributed by atoms with van der Waals surface area (Å²) in [6, 6.07) is 0. The van der Waals surface area contributed by atoms with Crippen LogP contribution in [0.3, 0.4) is 0 Å². The maximum absolute atomic E-state index is 11.9. The second-order valence-electron chi connectivity index (χ2n) is 3.04. The standard InChI is InChI=1S/C10H9Cl3O3/c1-4-5-9(13)8(14)6(11)7(12)10(9,15-2)16-3/h5H,1H2,2-3H3/t9-/m1/s1. The van der Waals surface area contributed by atoms with Crippen molar-refractivity contribution in [3.63, 3.8) is 0 Å². The molecule has 0 fully saturated rings. The maximum atomic E-state index is 11.9. The van der Waals surface area contributed by atoms with Crippen LogP contribution in [0.2, 0.25) is 0 Å². The molecule has 3 nitrogen and oxygen atoms in total. The third-order valence-electron chi connectivity index (χ3n) is 2.37. The highest BCUT2D eigenvalue weighted by atomic mass is 35.5. The Balaban J connectivity index is 3.53. The van der Waals surface area contributed by atoms with Crippen molar-refractivity contribution < 1.29 is 14.3 Å². The van der Waals surface area contributed by atoms with Crippen LogP contribution in [-0.2, 0) is 14.3 Å². The Bertz CT molecular complexity index is 406. The number of alkyl halides is 1. The number of hydrogen-bond donors (Lipinski definition) is 0. The fourth-order valence-electron chi connectivity index (χ4n) is 1.57. The number of halogens is 3. The molecule has 0 N–H and O–H groups in total. The van der Waals surface area contributed by atoms with E-state index in [1.54, 1.807) is 0 Å². The summed E-state index contributed by atoms with van der Waals surface area (Å²) in [5.41, 5.74) is 2.41. The van der Waals surface area contributed by atoms with Gasteiger partial charge in [-0.3, -0.25) is 4.79 Å². The van der Waals surface area contributed by atoms with Gasteiger partial charge in [-0.1, -0.05) is 41.4 Å². The van der Waals surface area contributed by atoms with Gasteiger partial charge in [0.15, 0.2) is 4.87 Å². The van der Waals surface area contributed by atoms with Gasteiger partial charge >= 0.3 is 0 Å². The second-order valence-corrected chi connectivity index (χ2v) is 4.39. The van der Waals surface area contributed by atoms with E-state index >= 15 is 0 Å². The number of allylic oxidation sites excluding steroid dienone is 1. The third kappa shape index (κ3) is 1.48. The third-order valence-corrected chi connectivity index (χ3v) is 3.79. The summed E-state index contributed by atoms with van der Waals surface area (Å²) < 4.78 is 10.2. The lowest BCUT2D eigenvalue weighted by Gasteiger charge is -2.35. The summed E-state index contributed by atoms with van der Waals surface area (Å²) in [5, 5.41) is -0.308. The van der Waals surface area contributed by atoms with Crippen LogP contribution in [0.25, 0.3) is 0 Å². The zero-order valence-electron chi connectivity index (χ0n) is 8.64. The lowest BCUT2D eigenvalue weighted by atomic mass is 9.99. The molecule has 0 heterocycles. The van der Waals surface area contributed by atoms with E-state index in [-0.39, 0.29) is 10.1 Å². The van der Waals surface area contributed by atoms with Gasteiger partial charge in [-0.05, 0) is 6.08 Å². The second kappa shape index (κ2) is 4.53. The highest BCUT2D eigenvalue weighted by Crippen LogP contribution is 2.51. The molecule has 16 heavy (non-hydrogen) atoms. The quantitative estimate of drug-likeness (QED) is 0.454. The molecule has 0 aromatic heterocycles. The molecule has 0 aliphatic heterocycles. The van der Waals surface area contributed by atoms with Crippen molar-refractivity contribution in [1.29, 1.82) is 0 Å². The fraction of sp³-hybridized carbons (Fsp3) is 0.400. The molecule has 0 bridgehead atoms. The van der Waals surface area contributed by atoms with Gasteiger partial charge in [0, 0.05) is 14.2 Å². The largest absolute Gasteiger partial charge is 0.347 e. The molecule has 0 unspecified atom stereocenters. The fourth-order valence-corrected chi connectivity index (χ4v) is 2.75. The van der Waals surface area contributed by atoms with E-state index in [0.29, 0.717) is 0 Å². The van der Waals surface area contributed by atoms with Crippen LogP contribution in [0.4, 0.5) is 0 Å². The number of carbonyl (C=O) groups excluding carboxylic acids is 1. The Morgan fingerprint density at radius 2 is 1.88 bits per heavy atom. The molecule has 1 aliphatic rings. The topological polar surface area (TPSA) is 35.5 Å². The predicted octanol–water partition coefficient (Wildman–Crippen LogP) is 2.57. The van der Waals surface area contributed by atoms with Crippen molar-refractivity contribution in [2.24, 2.45) is 0 Å². The molecule has 1 aliphatic carbocycles. The molecule has 1 atom stereocenters. The molecule has 1 rings (SSSR count). The molecule has 0 amide bonds. The van der Waals surface area contributed by atoms with Gasteiger partial charge in [-0.25, -0.2) is 0 Å². The minimum absolute atomic E-state index is 0.0920. The van der Waals surface area contributed by atoms with Gasteiger partial charge in [-0.2, -0.15) is 0 Å². The minimum Gasteiger partial charge on any atom is -0.347 e. The minimum atomic E-state index is -1.69. The first-order valence-corrected chi connectivity index (χ1v) is 5.31. The van der Waals surface area contributed by atoms with Gasteiger partial charge < -0.3 is 9.47 Å². The highest BCUT2D eigenvalue weighted by Gasteiger charge is 2.64. The number of carbonyl (C=O) groups is 1. The van der Waals surface area contributed by atoms with E-state index in [1.165, 1.54) is 20.3 Å². The average Bonchev–Trinajstić information content (AvgIpc) is 2.41. The van der Waals surface area contributed by atoms with E-state index in [2.05, 4.69) is 12.3 Å². The van der Waals surface area contributed by atoms with E-state index in [0.717, 1.165) is 0 Å². The number of ether oxygens (including phenoxy) is 2. The number of methoxy groups -OCH3 is 2. The van der Waals surface area contributed by atoms with Crippen molar-refractivity contribution >= 4 is 40.6 Å². The summed E-state index contributed by atoms with van der Waals surface area (Å²) in [6.45, 7) is 3.36. The Morgan fingerprint density at radius 3 is 2.25 bits per heavy atom. The van der Waals surface area contributed by atoms with Gasteiger partial charge in [0.2, 0.25) is 11.6 Å². The molecule has 88 valence electrons. The normalized spacial score (nSPS) is 28.2. The summed E-state index contributed by atoms with van der Waals surface area (Å²) in [4.78, 5) is 10.2. The van der Waals surface area contributed by atoms with E-state index in [1.807, 2.05) is 0 Å². The Labute approximate surface area is 108 Å². The van der Waals surface area contributed by atoms with Crippen LogP contribution >= 0.6 is 34.8 Å². The molecular weight excluding hydrogens is 274 g/mol. The molecule has 0 spiro atoms. The van der Waals surface area contributed by atoms with E-state index in [4.69, 9.17) is 44.3 Å². The van der Waals surface area contributed by atoms with Crippen molar-refractivity contribution in [2.75, 3.05) is 14.2 Å². The Kier molecular flexibility index (Phi) is 3.91. The zero-order chi connectivity index (χ0) is 12.6. The number of hydrogen-bond acceptors (Lipinski definition) is 3. The molecule has 0 aromatic carbocycles. The number of Topliss-reactive ketones (excluding diaryl/α,β-unsaturated/α-hetero) is 1. The molecular formula is C10H9Cl3O3. The molecule has 0 saturated heterocycles. The van der Waals surface area contributed by atoms with Gasteiger partial charge in [0.05, 0.1) is 0 Å². The summed E-state index contributed by atoms with van der Waals surface area (Å²) in [5.74, 6) is -2.25. The van der Waals surface area contributed by atoms with Crippen LogP contribution in [0.15, 0.2) is 28.5 Å². The van der Waals surface area contributed by atoms with Crippen LogP contribution in [0, 0.1) is 0 Å². The number of ketones is 1. The highest BCUT2D eigenvalue weighted by molar-refractivity contribution is 6.58. The van der Waals surface area contributed by atoms with Crippen molar-refractivity contribution in [3.8, 4) is 0 Å². The van der Waals surface area contributed by atoms with Gasteiger partial charge in [-0.15, -0.1) is 5.73 Å².